The lowest BCUT2D eigenvalue weighted by molar-refractivity contribution is -0.115. The third-order valence-electron chi connectivity index (χ3n) is 3.07. The van der Waals surface area contributed by atoms with Crippen LogP contribution in [0.2, 0.25) is 0 Å². The molecular weight excluding hydrogens is 335 g/mol. The summed E-state index contributed by atoms with van der Waals surface area (Å²) in [7, 11) is 0. The number of benzene rings is 2. The van der Waals surface area contributed by atoms with E-state index in [0.717, 1.165) is 15.7 Å². The van der Waals surface area contributed by atoms with Gasteiger partial charge in [0.2, 0.25) is 5.91 Å². The lowest BCUT2D eigenvalue weighted by atomic mass is 10.1. The van der Waals surface area contributed by atoms with Gasteiger partial charge in [-0.15, -0.1) is 0 Å². The lowest BCUT2D eigenvalue weighted by Crippen LogP contribution is -2.30. The minimum absolute atomic E-state index is 0.106. The van der Waals surface area contributed by atoms with Gasteiger partial charge in [0.1, 0.15) is 5.82 Å². The summed E-state index contributed by atoms with van der Waals surface area (Å²) < 4.78 is 14.0. The zero-order valence-corrected chi connectivity index (χ0v) is 13.2. The van der Waals surface area contributed by atoms with Gasteiger partial charge in [-0.2, -0.15) is 0 Å². The van der Waals surface area contributed by atoms with Crippen molar-refractivity contribution in [2.24, 2.45) is 0 Å². The predicted molar refractivity (Wildman–Crippen MR) is 85.6 cm³/mol. The maximum Gasteiger partial charge on any atom is 0.238 e. The topological polar surface area (TPSA) is 41.1 Å². The molecule has 0 saturated carbocycles. The predicted octanol–water partition coefficient (Wildman–Crippen LogP) is 3.88. The van der Waals surface area contributed by atoms with Gasteiger partial charge in [0, 0.05) is 10.5 Å². The molecule has 2 rings (SSSR count). The highest BCUT2D eigenvalue weighted by Gasteiger charge is 2.09. The van der Waals surface area contributed by atoms with Crippen LogP contribution in [0.25, 0.3) is 0 Å². The van der Waals surface area contributed by atoms with Crippen LogP contribution in [0.1, 0.15) is 18.5 Å². The Kier molecular flexibility index (Phi) is 5.47. The Balaban J connectivity index is 1.88. The number of amides is 1. The first-order chi connectivity index (χ1) is 10.1. The zero-order valence-electron chi connectivity index (χ0n) is 11.6. The molecule has 110 valence electrons. The fraction of sp³-hybridized carbons (Fsp3) is 0.188. The molecule has 0 fully saturated rings. The highest BCUT2D eigenvalue weighted by molar-refractivity contribution is 9.10. The molecule has 0 aliphatic heterocycles. The maximum absolute atomic E-state index is 13.1. The quantitative estimate of drug-likeness (QED) is 0.859. The van der Waals surface area contributed by atoms with Gasteiger partial charge in [-0.05, 0) is 52.7 Å². The third kappa shape index (κ3) is 4.65. The number of nitrogens with one attached hydrogen (secondary N) is 2. The molecule has 0 spiro atoms. The van der Waals surface area contributed by atoms with Crippen LogP contribution in [-0.4, -0.2) is 12.5 Å². The summed E-state index contributed by atoms with van der Waals surface area (Å²) in [5.74, 6) is -0.427. The Morgan fingerprint density at radius 3 is 2.71 bits per heavy atom. The Hall–Kier alpha value is -1.72. The molecule has 0 heterocycles. The van der Waals surface area contributed by atoms with Crippen LogP contribution in [-0.2, 0) is 4.79 Å². The van der Waals surface area contributed by atoms with Gasteiger partial charge >= 0.3 is 0 Å². The summed E-state index contributed by atoms with van der Waals surface area (Å²) in [6.45, 7) is 2.04. The number of para-hydroxylation sites is 1. The van der Waals surface area contributed by atoms with Gasteiger partial charge in [-0.25, -0.2) is 4.39 Å². The molecule has 5 heteroatoms. The van der Waals surface area contributed by atoms with E-state index in [1.54, 1.807) is 6.07 Å². The van der Waals surface area contributed by atoms with Crippen molar-refractivity contribution in [1.82, 2.24) is 5.32 Å². The standard InChI is InChI=1S/C16H16BrFN2O/c1-11(12-5-4-6-13(18)9-12)19-10-16(21)20-15-8-3-2-7-14(15)17/h2-9,11,19H,10H2,1H3,(H,20,21)/t11-/m1/s1. The van der Waals surface area contributed by atoms with E-state index < -0.39 is 0 Å². The summed E-state index contributed by atoms with van der Waals surface area (Å²) in [5.41, 5.74) is 1.53. The van der Waals surface area contributed by atoms with E-state index in [9.17, 15) is 9.18 Å². The minimum atomic E-state index is -0.279. The molecule has 21 heavy (non-hydrogen) atoms. The largest absolute Gasteiger partial charge is 0.324 e. The van der Waals surface area contributed by atoms with Crippen LogP contribution in [0.3, 0.4) is 0 Å². The van der Waals surface area contributed by atoms with Gasteiger partial charge in [0.05, 0.1) is 12.2 Å². The molecule has 1 atom stereocenters. The summed E-state index contributed by atoms with van der Waals surface area (Å²) in [6, 6.07) is 13.6. The molecule has 0 saturated heterocycles. The molecule has 0 aromatic heterocycles. The Bertz CT molecular complexity index is 633. The normalized spacial score (nSPS) is 12.0. The minimum Gasteiger partial charge on any atom is -0.324 e. The van der Waals surface area contributed by atoms with Crippen LogP contribution in [0.15, 0.2) is 53.0 Å². The molecule has 2 aromatic rings. The van der Waals surface area contributed by atoms with E-state index in [4.69, 9.17) is 0 Å². The van der Waals surface area contributed by atoms with E-state index in [1.807, 2.05) is 37.3 Å². The van der Waals surface area contributed by atoms with Gasteiger partial charge in [-0.3, -0.25) is 4.79 Å². The van der Waals surface area contributed by atoms with E-state index in [2.05, 4.69) is 26.6 Å². The van der Waals surface area contributed by atoms with Crippen LogP contribution >= 0.6 is 15.9 Å². The second-order valence-electron chi connectivity index (χ2n) is 4.69. The van der Waals surface area contributed by atoms with Gasteiger partial charge in [0.15, 0.2) is 0 Å². The molecule has 3 nitrogen and oxygen atoms in total. The number of hydrogen-bond donors (Lipinski definition) is 2. The number of rotatable bonds is 5. The molecular formula is C16H16BrFN2O. The zero-order chi connectivity index (χ0) is 15.2. The van der Waals surface area contributed by atoms with Crippen LogP contribution in [0, 0.1) is 5.82 Å². The third-order valence-corrected chi connectivity index (χ3v) is 3.76. The number of carbonyl (C=O) groups excluding carboxylic acids is 1. The van der Waals surface area contributed by atoms with Crippen molar-refractivity contribution in [3.63, 3.8) is 0 Å². The second-order valence-corrected chi connectivity index (χ2v) is 5.54. The van der Waals surface area contributed by atoms with Crippen LogP contribution < -0.4 is 10.6 Å². The van der Waals surface area contributed by atoms with Crippen molar-refractivity contribution in [2.45, 2.75) is 13.0 Å². The first kappa shape index (κ1) is 15.7. The van der Waals surface area contributed by atoms with E-state index in [0.29, 0.717) is 0 Å². The van der Waals surface area contributed by atoms with Crippen molar-refractivity contribution in [2.75, 3.05) is 11.9 Å². The summed E-state index contributed by atoms with van der Waals surface area (Å²) in [6.07, 6.45) is 0. The number of halogens is 2. The van der Waals surface area contributed by atoms with Crippen molar-refractivity contribution in [3.05, 3.63) is 64.4 Å². The molecule has 0 bridgehead atoms. The fourth-order valence-corrected chi connectivity index (χ4v) is 2.28. The van der Waals surface area contributed by atoms with Crippen molar-refractivity contribution in [1.29, 1.82) is 0 Å². The average molecular weight is 351 g/mol. The molecule has 1 amide bonds. The Morgan fingerprint density at radius 2 is 2.00 bits per heavy atom. The summed E-state index contributed by atoms with van der Waals surface area (Å²) >= 11 is 3.37. The second kappa shape index (κ2) is 7.33. The average Bonchev–Trinajstić information content (AvgIpc) is 2.47. The smallest absolute Gasteiger partial charge is 0.238 e. The van der Waals surface area contributed by atoms with Crippen molar-refractivity contribution in [3.8, 4) is 0 Å². The van der Waals surface area contributed by atoms with Crippen LogP contribution in [0.5, 0.6) is 0 Å². The molecule has 2 aromatic carbocycles. The highest BCUT2D eigenvalue weighted by atomic mass is 79.9. The molecule has 0 unspecified atom stereocenters. The first-order valence-electron chi connectivity index (χ1n) is 6.59. The maximum atomic E-state index is 13.1. The number of anilines is 1. The molecule has 2 N–H and O–H groups in total. The fourth-order valence-electron chi connectivity index (χ4n) is 1.90. The first-order valence-corrected chi connectivity index (χ1v) is 7.39. The van der Waals surface area contributed by atoms with E-state index in [1.165, 1.54) is 12.1 Å². The monoisotopic (exact) mass is 350 g/mol. The summed E-state index contributed by atoms with van der Waals surface area (Å²) in [5, 5.41) is 5.88. The van der Waals surface area contributed by atoms with Gasteiger partial charge < -0.3 is 10.6 Å². The molecule has 0 radical (unpaired) electrons. The Labute approximate surface area is 131 Å². The van der Waals surface area contributed by atoms with Crippen LogP contribution in [0.4, 0.5) is 10.1 Å². The van der Waals surface area contributed by atoms with E-state index >= 15 is 0 Å². The SMILES string of the molecule is C[C@@H](NCC(=O)Nc1ccccc1Br)c1cccc(F)c1. The molecule has 0 aliphatic rings. The van der Waals surface area contributed by atoms with Crippen molar-refractivity contribution >= 4 is 27.5 Å². The molecule has 0 aliphatic carbocycles. The highest BCUT2D eigenvalue weighted by Crippen LogP contribution is 2.21. The lowest BCUT2D eigenvalue weighted by Gasteiger charge is -2.14. The number of hydrogen-bond acceptors (Lipinski definition) is 2. The van der Waals surface area contributed by atoms with Gasteiger partial charge in [0.25, 0.3) is 0 Å². The van der Waals surface area contributed by atoms with Crippen molar-refractivity contribution < 1.29 is 9.18 Å². The number of carbonyl (C=O) groups is 1. The Morgan fingerprint density at radius 1 is 1.24 bits per heavy atom. The van der Waals surface area contributed by atoms with E-state index in [-0.39, 0.29) is 24.3 Å². The summed E-state index contributed by atoms with van der Waals surface area (Å²) in [4.78, 5) is 11.9. The van der Waals surface area contributed by atoms with Gasteiger partial charge in [-0.1, -0.05) is 24.3 Å².